The number of carbonyl (C=O) groups excluding carboxylic acids is 1. The third-order valence-electron chi connectivity index (χ3n) is 9.20. The van der Waals surface area contributed by atoms with Gasteiger partial charge < -0.3 is 24.4 Å². The van der Waals surface area contributed by atoms with Crippen molar-refractivity contribution in [2.45, 2.75) is 57.5 Å². The zero-order chi connectivity index (χ0) is 25.6. The van der Waals surface area contributed by atoms with Crippen LogP contribution in [-0.2, 0) is 6.42 Å². The molecule has 0 radical (unpaired) electrons. The van der Waals surface area contributed by atoms with Gasteiger partial charge in [0.25, 0.3) is 0 Å². The lowest BCUT2D eigenvalue weighted by Crippen LogP contribution is -2.43. The molecule has 3 aliphatic carbocycles. The predicted octanol–water partition coefficient (Wildman–Crippen LogP) is 5.53. The molecule has 0 aliphatic heterocycles. The molecule has 3 aliphatic rings. The van der Waals surface area contributed by atoms with Gasteiger partial charge in [0.05, 0.1) is 27.4 Å². The summed E-state index contributed by atoms with van der Waals surface area (Å²) in [5.41, 5.74) is 3.47. The zero-order valence-electron chi connectivity index (χ0n) is 21.5. The number of methoxy groups -OCH3 is 3. The second-order valence-corrected chi connectivity index (χ2v) is 10.8. The van der Waals surface area contributed by atoms with Gasteiger partial charge >= 0.3 is 0 Å². The number of aliphatic hydroxyl groups excluding tert-OH is 1. The van der Waals surface area contributed by atoms with E-state index in [-0.39, 0.29) is 23.1 Å². The number of hydrogen-bond donors (Lipinski definition) is 2. The number of fused-ring (bicyclic) bond motifs is 5. The first kappa shape index (κ1) is 24.7. The average molecular weight is 493 g/mol. The Morgan fingerprint density at radius 1 is 1.00 bits per heavy atom. The maximum Gasteiger partial charge on any atom is 0.193 e. The highest BCUT2D eigenvalue weighted by Gasteiger charge is 2.54. The third kappa shape index (κ3) is 3.96. The van der Waals surface area contributed by atoms with Crippen molar-refractivity contribution in [1.82, 2.24) is 0 Å². The van der Waals surface area contributed by atoms with E-state index in [1.54, 1.807) is 25.3 Å². The van der Waals surface area contributed by atoms with E-state index < -0.39 is 0 Å². The van der Waals surface area contributed by atoms with Crippen LogP contribution >= 0.6 is 0 Å². The molecule has 0 aromatic heterocycles. The molecule has 0 unspecified atom stereocenters. The molecule has 0 spiro atoms. The monoisotopic (exact) mass is 492 g/mol. The number of aryl methyl sites for hydroxylation is 1. The molecule has 6 heteroatoms. The molecule has 2 N–H and O–H groups in total. The van der Waals surface area contributed by atoms with Crippen LogP contribution in [0.5, 0.6) is 23.0 Å². The first-order valence-corrected chi connectivity index (χ1v) is 12.9. The molecule has 192 valence electrons. The molecule has 0 bridgehead atoms. The Balaban J connectivity index is 1.45. The molecule has 36 heavy (non-hydrogen) atoms. The van der Waals surface area contributed by atoms with Gasteiger partial charge in [-0.3, -0.25) is 4.79 Å². The minimum Gasteiger partial charge on any atom is -0.507 e. The van der Waals surface area contributed by atoms with Gasteiger partial charge in [-0.1, -0.05) is 6.92 Å². The number of hydrogen-bond acceptors (Lipinski definition) is 6. The standard InChI is InChI=1S/C30H36O6/c1-30-12-11-20-21(23(30)8-10-28(30)33)7-5-17-14-25(32)18(13-22(17)20)6-9-24(31)29-26(35-3)15-19(34-2)16-27(29)36-4/h6,9,13-16,20-21,23,28,32-33H,5,7-8,10-12H2,1-4H3/b9-6+/t20-,21+,23-,28-,30-/m0/s1. The first-order chi connectivity index (χ1) is 17.3. The van der Waals surface area contributed by atoms with Gasteiger partial charge in [-0.25, -0.2) is 0 Å². The summed E-state index contributed by atoms with van der Waals surface area (Å²) in [4.78, 5) is 13.2. The second-order valence-electron chi connectivity index (χ2n) is 10.8. The minimum absolute atomic E-state index is 0.0290. The van der Waals surface area contributed by atoms with E-state index in [0.717, 1.165) is 38.5 Å². The topological polar surface area (TPSA) is 85.2 Å². The number of rotatable bonds is 6. The molecule has 2 aromatic rings. The van der Waals surface area contributed by atoms with Crippen LogP contribution in [-0.4, -0.2) is 43.4 Å². The summed E-state index contributed by atoms with van der Waals surface area (Å²) in [6.45, 7) is 2.28. The largest absolute Gasteiger partial charge is 0.507 e. The van der Waals surface area contributed by atoms with E-state index in [1.807, 2.05) is 6.07 Å². The van der Waals surface area contributed by atoms with Crippen molar-refractivity contribution in [3.8, 4) is 23.0 Å². The summed E-state index contributed by atoms with van der Waals surface area (Å²) in [5.74, 6) is 2.70. The lowest BCUT2D eigenvalue weighted by molar-refractivity contribution is -0.0226. The fraction of sp³-hybridized carbons (Fsp3) is 0.500. The fourth-order valence-electron chi connectivity index (χ4n) is 7.23. The van der Waals surface area contributed by atoms with Crippen LogP contribution in [0.15, 0.2) is 30.3 Å². The number of carbonyl (C=O) groups is 1. The maximum atomic E-state index is 13.2. The van der Waals surface area contributed by atoms with Crippen molar-refractivity contribution in [1.29, 1.82) is 0 Å². The van der Waals surface area contributed by atoms with Gasteiger partial charge in [-0.2, -0.15) is 0 Å². The van der Waals surface area contributed by atoms with Gasteiger partial charge in [-0.15, -0.1) is 0 Å². The van der Waals surface area contributed by atoms with Crippen molar-refractivity contribution >= 4 is 11.9 Å². The predicted molar refractivity (Wildman–Crippen MR) is 138 cm³/mol. The SMILES string of the molecule is COc1cc(OC)c(C(=O)/C=C/c2cc3c(cc2O)CC[C@@H]2[C@@H]3CC[C@]3(C)[C@@H](O)CC[C@@H]23)c(OC)c1. The summed E-state index contributed by atoms with van der Waals surface area (Å²) in [6, 6.07) is 7.25. The van der Waals surface area contributed by atoms with E-state index in [0.29, 0.717) is 46.1 Å². The van der Waals surface area contributed by atoms with E-state index in [9.17, 15) is 15.0 Å². The highest BCUT2D eigenvalue weighted by atomic mass is 16.5. The van der Waals surface area contributed by atoms with Gasteiger partial charge in [0.1, 0.15) is 28.6 Å². The van der Waals surface area contributed by atoms with Crippen molar-refractivity contribution in [2.24, 2.45) is 17.3 Å². The third-order valence-corrected chi connectivity index (χ3v) is 9.20. The molecular formula is C30H36O6. The highest BCUT2D eigenvalue weighted by molar-refractivity contribution is 6.10. The van der Waals surface area contributed by atoms with E-state index in [4.69, 9.17) is 14.2 Å². The Bertz CT molecular complexity index is 1180. The molecule has 2 aromatic carbocycles. The molecule has 6 nitrogen and oxygen atoms in total. The number of benzene rings is 2. The Hall–Kier alpha value is -2.99. The summed E-state index contributed by atoms with van der Waals surface area (Å²) < 4.78 is 16.1. The minimum atomic E-state index is -0.283. The van der Waals surface area contributed by atoms with Crippen LogP contribution < -0.4 is 14.2 Å². The first-order valence-electron chi connectivity index (χ1n) is 12.9. The number of allylic oxidation sites excluding steroid dienone is 1. The van der Waals surface area contributed by atoms with E-state index in [1.165, 1.54) is 31.4 Å². The Morgan fingerprint density at radius 3 is 2.39 bits per heavy atom. The summed E-state index contributed by atoms with van der Waals surface area (Å²) in [6.07, 6.45) is 9.07. The van der Waals surface area contributed by atoms with Crippen molar-refractivity contribution in [3.63, 3.8) is 0 Å². The van der Waals surface area contributed by atoms with Crippen LogP contribution in [0.1, 0.15) is 72.0 Å². The molecular weight excluding hydrogens is 456 g/mol. The average Bonchev–Trinajstić information content (AvgIpc) is 3.20. The van der Waals surface area contributed by atoms with Gasteiger partial charge in [0.15, 0.2) is 5.78 Å². The summed E-state index contributed by atoms with van der Waals surface area (Å²) in [5, 5.41) is 21.5. The molecule has 2 fully saturated rings. The number of ketones is 1. The summed E-state index contributed by atoms with van der Waals surface area (Å²) >= 11 is 0. The van der Waals surface area contributed by atoms with Crippen LogP contribution in [0.4, 0.5) is 0 Å². The summed E-state index contributed by atoms with van der Waals surface area (Å²) in [7, 11) is 4.54. The molecule has 5 rings (SSSR count). The second kappa shape index (κ2) is 9.47. The van der Waals surface area contributed by atoms with Gasteiger partial charge in [-0.05, 0) is 97.1 Å². The van der Waals surface area contributed by atoms with E-state index in [2.05, 4.69) is 13.0 Å². The Morgan fingerprint density at radius 2 is 1.72 bits per heavy atom. The Labute approximate surface area is 212 Å². The lowest BCUT2D eigenvalue weighted by atomic mass is 9.55. The van der Waals surface area contributed by atoms with Crippen molar-refractivity contribution in [2.75, 3.05) is 21.3 Å². The number of aromatic hydroxyl groups is 1. The van der Waals surface area contributed by atoms with Crippen LogP contribution in [0, 0.1) is 17.3 Å². The highest BCUT2D eigenvalue weighted by Crippen LogP contribution is 2.61. The van der Waals surface area contributed by atoms with Crippen molar-refractivity contribution < 1.29 is 29.2 Å². The maximum absolute atomic E-state index is 13.2. The molecule has 0 heterocycles. The van der Waals surface area contributed by atoms with Gasteiger partial charge in [0.2, 0.25) is 0 Å². The number of phenolic OH excluding ortho intramolecular Hbond substituents is 1. The molecule has 0 amide bonds. The lowest BCUT2D eigenvalue weighted by Gasteiger charge is -2.50. The van der Waals surface area contributed by atoms with Crippen LogP contribution in [0.2, 0.25) is 0 Å². The molecule has 5 atom stereocenters. The van der Waals surface area contributed by atoms with Gasteiger partial charge in [0, 0.05) is 17.7 Å². The molecule has 0 saturated heterocycles. The van der Waals surface area contributed by atoms with Crippen molar-refractivity contribution in [3.05, 3.63) is 52.6 Å². The normalized spacial score (nSPS) is 28.8. The van der Waals surface area contributed by atoms with Crippen LogP contribution in [0.25, 0.3) is 6.08 Å². The zero-order valence-corrected chi connectivity index (χ0v) is 21.5. The number of phenols is 1. The molecule has 2 saturated carbocycles. The Kier molecular flexibility index (Phi) is 6.50. The quantitative estimate of drug-likeness (QED) is 0.407. The smallest absolute Gasteiger partial charge is 0.193 e. The van der Waals surface area contributed by atoms with E-state index >= 15 is 0 Å². The van der Waals surface area contributed by atoms with Crippen LogP contribution in [0.3, 0.4) is 0 Å². The fourth-order valence-corrected chi connectivity index (χ4v) is 7.23. The number of aliphatic hydroxyl groups is 1. The number of ether oxygens (including phenoxy) is 3.